The summed E-state index contributed by atoms with van der Waals surface area (Å²) in [6.45, 7) is 14.2. The molecule has 1 fully saturated rings. The highest BCUT2D eigenvalue weighted by Gasteiger charge is 2.40. The molecule has 14 N–H and O–H groups in total. The van der Waals surface area contributed by atoms with E-state index in [0.717, 1.165) is 4.90 Å². The number of primary amides is 1. The smallest absolute Gasteiger partial charge is 0.245 e. The third kappa shape index (κ3) is 19.6. The summed E-state index contributed by atoms with van der Waals surface area (Å²) in [5.41, 5.74) is 16.5. The lowest BCUT2D eigenvalue weighted by atomic mass is 9.95. The summed E-state index contributed by atoms with van der Waals surface area (Å²) >= 11 is 0. The summed E-state index contributed by atoms with van der Waals surface area (Å²) in [7, 11) is 1.42. The van der Waals surface area contributed by atoms with E-state index in [4.69, 9.17) is 17.2 Å². The normalized spacial score (nSPS) is 17.3. The molecule has 10 amide bonds. The Morgan fingerprint density at radius 3 is 1.71 bits per heavy atom. The summed E-state index contributed by atoms with van der Waals surface area (Å²) in [6.07, 6.45) is 1.02. The van der Waals surface area contributed by atoms with E-state index < -0.39 is 126 Å². The minimum absolute atomic E-state index is 0.0786. The monoisotopic (exact) mass is 966 g/mol. The number of rotatable bonds is 29. The van der Waals surface area contributed by atoms with Crippen molar-refractivity contribution in [1.82, 2.24) is 47.0 Å². The maximum absolute atomic E-state index is 14.0. The quantitative estimate of drug-likeness (QED) is 0.0202. The number of guanidine groups is 1. The molecule has 1 heterocycles. The van der Waals surface area contributed by atoms with Gasteiger partial charge in [0, 0.05) is 27.1 Å². The van der Waals surface area contributed by atoms with Crippen LogP contribution in [0, 0.1) is 17.8 Å². The van der Waals surface area contributed by atoms with E-state index in [1.807, 2.05) is 0 Å². The van der Waals surface area contributed by atoms with Gasteiger partial charge in [0.1, 0.15) is 42.3 Å². The number of likely N-dealkylation sites (tertiary alicyclic amines) is 1. The van der Waals surface area contributed by atoms with Gasteiger partial charge in [-0.25, -0.2) is 0 Å². The van der Waals surface area contributed by atoms with Crippen molar-refractivity contribution >= 4 is 65.0 Å². The number of hydrogen-bond donors (Lipinski definition) is 11. The van der Waals surface area contributed by atoms with Gasteiger partial charge in [0.2, 0.25) is 59.1 Å². The van der Waals surface area contributed by atoms with Crippen molar-refractivity contribution in [3.8, 4) is 0 Å². The SMILES string of the molecule is CCC[C@H](NC(=O)[C@@H](NC(=O)[C@H](NC(=O)[C@@H](NC(=O)CNC(=O)CN(C)C(C)=O)C(C)C)[C@@H](C)CC)[C@@H](C)O)C(=O)N[C@H](C(=O)N[C@@H](CCCN=C(N)N)C(=O)N1CCC[C@H]1C(N)=O)[C@@H](C)CC. The van der Waals surface area contributed by atoms with E-state index in [2.05, 4.69) is 42.2 Å². The van der Waals surface area contributed by atoms with E-state index >= 15 is 0 Å². The van der Waals surface area contributed by atoms with Crippen LogP contribution in [0.25, 0.3) is 0 Å². The van der Waals surface area contributed by atoms with Crippen LogP contribution in [0.4, 0.5) is 0 Å². The maximum atomic E-state index is 14.0. The van der Waals surface area contributed by atoms with E-state index in [-0.39, 0.29) is 50.8 Å². The number of carbonyl (C=O) groups excluding carboxylic acids is 10. The molecule has 1 saturated heterocycles. The second-order valence-corrected chi connectivity index (χ2v) is 17.9. The molecule has 0 saturated carbocycles. The first-order chi connectivity index (χ1) is 31.8. The fourth-order valence-corrected chi connectivity index (χ4v) is 7.24. The second kappa shape index (κ2) is 29.6. The van der Waals surface area contributed by atoms with Gasteiger partial charge in [-0.05, 0) is 56.8 Å². The zero-order valence-electron chi connectivity index (χ0n) is 41.4. The number of nitrogens with one attached hydrogen (secondary N) is 7. The van der Waals surface area contributed by atoms with Crippen LogP contribution < -0.4 is 54.4 Å². The molecule has 24 heteroatoms. The third-order valence-corrected chi connectivity index (χ3v) is 11.9. The van der Waals surface area contributed by atoms with Gasteiger partial charge in [0.05, 0.1) is 19.2 Å². The summed E-state index contributed by atoms with van der Waals surface area (Å²) in [4.78, 5) is 138. The number of likely N-dealkylation sites (N-methyl/N-ethyl adjacent to an activating group) is 1. The lowest BCUT2D eigenvalue weighted by Crippen LogP contribution is -2.63. The predicted octanol–water partition coefficient (Wildman–Crippen LogP) is -3.05. The van der Waals surface area contributed by atoms with Gasteiger partial charge in [-0.15, -0.1) is 0 Å². The lowest BCUT2D eigenvalue weighted by Gasteiger charge is -2.31. The third-order valence-electron chi connectivity index (χ3n) is 11.9. The molecular weight excluding hydrogens is 887 g/mol. The molecule has 0 spiro atoms. The molecule has 386 valence electrons. The molecular formula is C44H79N13O11. The molecule has 0 aromatic carbocycles. The Bertz CT molecular complexity index is 1790. The first-order valence-electron chi connectivity index (χ1n) is 23.4. The van der Waals surface area contributed by atoms with Crippen molar-refractivity contribution in [3.63, 3.8) is 0 Å². The van der Waals surface area contributed by atoms with Crippen molar-refractivity contribution in [2.75, 3.05) is 33.2 Å². The number of hydrogen-bond acceptors (Lipinski definition) is 12. The summed E-state index contributed by atoms with van der Waals surface area (Å²) in [5, 5.41) is 29.0. The van der Waals surface area contributed by atoms with Crippen molar-refractivity contribution in [2.45, 2.75) is 162 Å². The molecule has 0 bridgehead atoms. The summed E-state index contributed by atoms with van der Waals surface area (Å²) in [6, 6.07) is -8.50. The Morgan fingerprint density at radius 2 is 1.21 bits per heavy atom. The van der Waals surface area contributed by atoms with Crippen LogP contribution in [0.2, 0.25) is 0 Å². The highest BCUT2D eigenvalue weighted by atomic mass is 16.3. The Labute approximate surface area is 399 Å². The highest BCUT2D eigenvalue weighted by Crippen LogP contribution is 2.20. The zero-order valence-corrected chi connectivity index (χ0v) is 41.4. The van der Waals surface area contributed by atoms with Crippen LogP contribution in [0.1, 0.15) is 114 Å². The predicted molar refractivity (Wildman–Crippen MR) is 252 cm³/mol. The van der Waals surface area contributed by atoms with Crippen molar-refractivity contribution in [2.24, 2.45) is 39.9 Å². The van der Waals surface area contributed by atoms with Crippen molar-refractivity contribution in [1.29, 1.82) is 0 Å². The van der Waals surface area contributed by atoms with Crippen LogP contribution in [-0.2, 0) is 47.9 Å². The Morgan fingerprint density at radius 1 is 0.691 bits per heavy atom. The molecule has 10 atom stereocenters. The van der Waals surface area contributed by atoms with Gasteiger partial charge in [0.25, 0.3) is 0 Å². The second-order valence-electron chi connectivity index (χ2n) is 17.9. The molecule has 1 aliphatic rings. The standard InChI is InChI=1S/C44H79N13O11/c1-11-16-28(38(63)53-34(24(6)12-2)40(65)51-29(17-14-19-48-44(46)47)43(68)57-20-15-18-30(57)37(45)62)50-42(67)36(26(8)58)55-41(66)35(25(7)13-3)54-39(64)33(23(4)5)52-31(60)21-49-32(61)22-56(10)27(9)59/h23-26,28-30,33-36,58H,11-22H2,1-10H3,(H2,45,62)(H,49,61)(H,50,67)(H,51,65)(H,52,60)(H,53,63)(H,54,64)(H,55,66)(H4,46,47,48)/t24-,25-,26+,28-,29-,30-,33-,34-,35+,36-/m0/s1. The molecule has 68 heavy (non-hydrogen) atoms. The first kappa shape index (κ1) is 59.9. The van der Waals surface area contributed by atoms with Gasteiger partial charge >= 0.3 is 0 Å². The van der Waals surface area contributed by atoms with Gasteiger partial charge in [-0.3, -0.25) is 52.9 Å². The number of aliphatic hydroxyl groups excluding tert-OH is 1. The Hall–Kier alpha value is -6.07. The molecule has 24 nitrogen and oxygen atoms in total. The van der Waals surface area contributed by atoms with E-state index in [1.165, 1.54) is 25.8 Å². The Kier molecular flexibility index (Phi) is 26.1. The summed E-state index contributed by atoms with van der Waals surface area (Å²) in [5.74, 6) is -8.47. The molecule has 1 rings (SSSR count). The number of nitrogens with zero attached hydrogens (tertiary/aromatic N) is 3. The fourth-order valence-electron chi connectivity index (χ4n) is 7.24. The Balaban J connectivity index is 3.28. The minimum Gasteiger partial charge on any atom is -0.391 e. The maximum Gasteiger partial charge on any atom is 0.245 e. The van der Waals surface area contributed by atoms with Crippen LogP contribution in [-0.4, -0.2) is 162 Å². The molecule has 1 aliphatic heterocycles. The molecule has 0 aromatic heterocycles. The number of aliphatic hydroxyl groups is 1. The van der Waals surface area contributed by atoms with Gasteiger partial charge in [0.15, 0.2) is 5.96 Å². The number of carbonyl (C=O) groups is 10. The number of nitrogens with two attached hydrogens (primary N) is 3. The molecule has 0 radical (unpaired) electrons. The van der Waals surface area contributed by atoms with Crippen LogP contribution >= 0.6 is 0 Å². The van der Waals surface area contributed by atoms with Gasteiger partial charge in [-0.2, -0.15) is 0 Å². The van der Waals surface area contributed by atoms with E-state index in [9.17, 15) is 53.1 Å². The average Bonchev–Trinajstić information content (AvgIpc) is 3.78. The minimum atomic E-state index is -1.63. The molecule has 0 aliphatic carbocycles. The fraction of sp³-hybridized carbons (Fsp3) is 0.750. The number of amides is 10. The van der Waals surface area contributed by atoms with Crippen LogP contribution in [0.3, 0.4) is 0 Å². The van der Waals surface area contributed by atoms with E-state index in [0.29, 0.717) is 32.1 Å². The molecule has 0 aromatic rings. The molecule has 0 unspecified atom stereocenters. The van der Waals surface area contributed by atoms with Crippen LogP contribution in [0.5, 0.6) is 0 Å². The van der Waals surface area contributed by atoms with Gasteiger partial charge < -0.3 is 69.3 Å². The van der Waals surface area contributed by atoms with Crippen LogP contribution in [0.15, 0.2) is 4.99 Å². The lowest BCUT2D eigenvalue weighted by molar-refractivity contribution is -0.141. The zero-order chi connectivity index (χ0) is 52.0. The summed E-state index contributed by atoms with van der Waals surface area (Å²) < 4.78 is 0. The van der Waals surface area contributed by atoms with Crippen molar-refractivity contribution in [3.05, 3.63) is 0 Å². The van der Waals surface area contributed by atoms with Crippen molar-refractivity contribution < 1.29 is 53.1 Å². The number of aliphatic imine (C=N–C) groups is 1. The largest absolute Gasteiger partial charge is 0.391 e. The average molecular weight is 966 g/mol. The van der Waals surface area contributed by atoms with E-state index in [1.54, 1.807) is 48.5 Å². The highest BCUT2D eigenvalue weighted by molar-refractivity contribution is 5.98. The first-order valence-corrected chi connectivity index (χ1v) is 23.4. The van der Waals surface area contributed by atoms with Gasteiger partial charge in [-0.1, -0.05) is 67.7 Å². The topological polar surface area (TPSA) is 372 Å².